The van der Waals surface area contributed by atoms with E-state index in [-0.39, 0.29) is 18.5 Å². The molecule has 0 aliphatic rings. The van der Waals surface area contributed by atoms with Crippen LogP contribution in [0.2, 0.25) is 0 Å². The van der Waals surface area contributed by atoms with E-state index in [2.05, 4.69) is 19.4 Å². The van der Waals surface area contributed by atoms with Gasteiger partial charge in [0.05, 0.1) is 7.11 Å². The maximum atomic E-state index is 5.25. The Morgan fingerprint density at radius 2 is 2.36 bits per heavy atom. The van der Waals surface area contributed by atoms with E-state index in [1.165, 1.54) is 7.11 Å². The van der Waals surface area contributed by atoms with Gasteiger partial charge in [0.15, 0.2) is 5.82 Å². The van der Waals surface area contributed by atoms with Crippen molar-refractivity contribution in [1.82, 2.24) is 10.1 Å². The highest BCUT2D eigenvalue weighted by molar-refractivity contribution is 5.85. The maximum absolute atomic E-state index is 5.25. The predicted molar refractivity (Wildman–Crippen MR) is 40.9 cm³/mol. The summed E-state index contributed by atoms with van der Waals surface area (Å²) in [5.41, 5.74) is 5.25. The lowest BCUT2D eigenvalue weighted by atomic mass is 10.4. The van der Waals surface area contributed by atoms with Gasteiger partial charge in [-0.15, -0.1) is 12.4 Å². The molecule has 2 N–H and O–H groups in total. The molecule has 0 spiro atoms. The molecule has 1 aromatic heterocycles. The number of nitrogens with two attached hydrogens (primary N) is 1. The van der Waals surface area contributed by atoms with E-state index in [4.69, 9.17) is 5.73 Å². The summed E-state index contributed by atoms with van der Waals surface area (Å²) in [6.45, 7) is 0.517. The summed E-state index contributed by atoms with van der Waals surface area (Å²) in [5, 5.41) is 3.59. The summed E-state index contributed by atoms with van der Waals surface area (Å²) in [6.07, 6.45) is 0.802. The van der Waals surface area contributed by atoms with Gasteiger partial charge in [-0.3, -0.25) is 4.52 Å². The number of hydrogen-bond acceptors (Lipinski definition) is 5. The normalized spacial score (nSPS) is 8.91. The molecule has 0 aromatic carbocycles. The molecule has 64 valence electrons. The molecule has 0 atom stereocenters. The molecule has 0 fully saturated rings. The van der Waals surface area contributed by atoms with Gasteiger partial charge in [-0.05, 0) is 6.54 Å². The van der Waals surface area contributed by atoms with E-state index >= 15 is 0 Å². The summed E-state index contributed by atoms with van der Waals surface area (Å²) in [6, 6.07) is 0. The number of halogens is 1. The van der Waals surface area contributed by atoms with Gasteiger partial charge in [0.1, 0.15) is 0 Å². The Bertz CT molecular complexity index is 203. The van der Waals surface area contributed by atoms with E-state index in [0.717, 1.165) is 0 Å². The fourth-order valence-electron chi connectivity index (χ4n) is 0.551. The van der Waals surface area contributed by atoms with Gasteiger partial charge in [-0.1, -0.05) is 5.16 Å². The predicted octanol–water partition coefficient (Wildman–Crippen LogP) is 0.00120. The minimum absolute atomic E-state index is 0. The van der Waals surface area contributed by atoms with Crippen LogP contribution in [-0.2, 0) is 6.42 Å². The molecule has 0 unspecified atom stereocenters. The largest absolute Gasteiger partial charge is 0.452 e. The van der Waals surface area contributed by atoms with Crippen LogP contribution in [-0.4, -0.2) is 23.8 Å². The van der Waals surface area contributed by atoms with Crippen molar-refractivity contribution in [3.05, 3.63) is 5.82 Å². The Kier molecular flexibility index (Phi) is 4.56. The number of nitrogens with zero attached hydrogens (tertiary/aromatic N) is 2. The van der Waals surface area contributed by atoms with Gasteiger partial charge < -0.3 is 10.5 Å². The van der Waals surface area contributed by atoms with Crippen LogP contribution in [0.15, 0.2) is 4.52 Å². The molecule has 0 bridgehead atoms. The number of hydrogen-bond donors (Lipinski definition) is 1. The second-order valence-electron chi connectivity index (χ2n) is 1.72. The molecule has 0 saturated heterocycles. The van der Waals surface area contributed by atoms with E-state index in [9.17, 15) is 0 Å². The van der Waals surface area contributed by atoms with Crippen molar-refractivity contribution in [3.63, 3.8) is 0 Å². The zero-order valence-electron chi connectivity index (χ0n) is 6.11. The first kappa shape index (κ1) is 10.2. The topological polar surface area (TPSA) is 74.2 Å². The van der Waals surface area contributed by atoms with Gasteiger partial charge >= 0.3 is 6.08 Å². The van der Waals surface area contributed by atoms with Crippen molar-refractivity contribution in [2.75, 3.05) is 13.7 Å². The molecule has 1 heterocycles. The fraction of sp³-hybridized carbons (Fsp3) is 0.600. The van der Waals surface area contributed by atoms with Gasteiger partial charge in [0, 0.05) is 6.42 Å². The molecule has 1 rings (SSSR count). The summed E-state index contributed by atoms with van der Waals surface area (Å²) in [5.74, 6) is 0.583. The van der Waals surface area contributed by atoms with Gasteiger partial charge in [-0.25, -0.2) is 0 Å². The average molecular weight is 180 g/mol. The molecular weight excluding hydrogens is 170 g/mol. The molecule has 6 heteroatoms. The lowest BCUT2D eigenvalue weighted by Gasteiger charge is -1.84. The Morgan fingerprint density at radius 3 is 2.82 bits per heavy atom. The molecule has 0 aliphatic carbocycles. The van der Waals surface area contributed by atoms with Crippen LogP contribution in [0.3, 0.4) is 0 Å². The number of ether oxygens (including phenoxy) is 1. The first-order valence-corrected chi connectivity index (χ1v) is 2.93. The third-order valence-corrected chi connectivity index (χ3v) is 0.992. The van der Waals surface area contributed by atoms with Crippen LogP contribution in [0.4, 0.5) is 0 Å². The van der Waals surface area contributed by atoms with Crippen molar-refractivity contribution in [2.45, 2.75) is 6.42 Å². The van der Waals surface area contributed by atoms with E-state index < -0.39 is 0 Å². The molecule has 1 aromatic rings. The molecule has 5 nitrogen and oxygen atoms in total. The summed E-state index contributed by atoms with van der Waals surface area (Å²) in [4.78, 5) is 3.84. The third-order valence-electron chi connectivity index (χ3n) is 0.992. The lowest BCUT2D eigenvalue weighted by molar-refractivity contribution is 0.250. The average Bonchev–Trinajstić information content (AvgIpc) is 2.37. The number of aromatic nitrogens is 2. The lowest BCUT2D eigenvalue weighted by Crippen LogP contribution is -2.03. The zero-order chi connectivity index (χ0) is 7.40. The van der Waals surface area contributed by atoms with Crippen LogP contribution in [0.1, 0.15) is 5.82 Å². The molecule has 11 heavy (non-hydrogen) atoms. The Hall–Kier alpha value is -0.810. The summed E-state index contributed by atoms with van der Waals surface area (Å²) < 4.78 is 9.29. The van der Waals surface area contributed by atoms with Crippen molar-refractivity contribution >= 4 is 12.4 Å². The molecule has 0 amide bonds. The number of methoxy groups -OCH3 is 1. The zero-order valence-corrected chi connectivity index (χ0v) is 6.93. The SMILES string of the molecule is COc1nc(CCN)no1.Cl. The van der Waals surface area contributed by atoms with Crippen molar-refractivity contribution in [2.24, 2.45) is 5.73 Å². The maximum Gasteiger partial charge on any atom is 0.417 e. The molecule has 0 saturated carbocycles. The highest BCUT2D eigenvalue weighted by Gasteiger charge is 2.02. The molecule has 0 radical (unpaired) electrons. The van der Waals surface area contributed by atoms with Crippen molar-refractivity contribution in [1.29, 1.82) is 0 Å². The number of rotatable bonds is 3. The fourth-order valence-corrected chi connectivity index (χ4v) is 0.551. The molecule has 0 aliphatic heterocycles. The summed E-state index contributed by atoms with van der Waals surface area (Å²) >= 11 is 0. The van der Waals surface area contributed by atoms with Crippen LogP contribution in [0.25, 0.3) is 0 Å². The smallest absolute Gasteiger partial charge is 0.417 e. The van der Waals surface area contributed by atoms with Crippen LogP contribution >= 0.6 is 12.4 Å². The second-order valence-corrected chi connectivity index (χ2v) is 1.72. The van der Waals surface area contributed by atoms with Gasteiger partial charge in [0.2, 0.25) is 0 Å². The minimum atomic E-state index is 0. The highest BCUT2D eigenvalue weighted by Crippen LogP contribution is 2.04. The standard InChI is InChI=1S/C5H9N3O2.ClH/c1-9-5-7-4(2-3-6)8-10-5;/h2-3,6H2,1H3;1H. The first-order valence-electron chi connectivity index (χ1n) is 2.93. The van der Waals surface area contributed by atoms with Crippen molar-refractivity contribution < 1.29 is 9.26 Å². The van der Waals surface area contributed by atoms with E-state index in [0.29, 0.717) is 18.8 Å². The minimum Gasteiger partial charge on any atom is -0.452 e. The first-order chi connectivity index (χ1) is 4.86. The van der Waals surface area contributed by atoms with Gasteiger partial charge in [-0.2, -0.15) is 4.98 Å². The van der Waals surface area contributed by atoms with Gasteiger partial charge in [0.25, 0.3) is 0 Å². The third kappa shape index (κ3) is 2.73. The van der Waals surface area contributed by atoms with Crippen LogP contribution in [0, 0.1) is 0 Å². The second kappa shape index (κ2) is 4.92. The van der Waals surface area contributed by atoms with E-state index in [1.54, 1.807) is 0 Å². The summed E-state index contributed by atoms with van der Waals surface area (Å²) in [7, 11) is 1.47. The van der Waals surface area contributed by atoms with Crippen LogP contribution < -0.4 is 10.5 Å². The Morgan fingerprint density at radius 1 is 1.64 bits per heavy atom. The van der Waals surface area contributed by atoms with E-state index in [1.807, 2.05) is 0 Å². The Labute approximate surface area is 70.3 Å². The molecular formula is C5H10ClN3O2. The quantitative estimate of drug-likeness (QED) is 0.707. The Balaban J connectivity index is 0.000001000. The van der Waals surface area contributed by atoms with Crippen molar-refractivity contribution in [3.8, 4) is 6.08 Å². The monoisotopic (exact) mass is 179 g/mol. The highest BCUT2D eigenvalue weighted by atomic mass is 35.5. The van der Waals surface area contributed by atoms with Crippen LogP contribution in [0.5, 0.6) is 6.08 Å².